The Hall–Kier alpha value is -2.96. The maximum absolute atomic E-state index is 13.4. The van der Waals surface area contributed by atoms with Crippen LogP contribution in [0.3, 0.4) is 0 Å². The molecule has 0 amide bonds. The lowest BCUT2D eigenvalue weighted by molar-refractivity contribution is -0.140. The molecule has 0 radical (unpaired) electrons. The summed E-state index contributed by atoms with van der Waals surface area (Å²) >= 11 is 0. The number of nitrogens with one attached hydrogen (secondary N) is 1. The molecule has 0 saturated heterocycles. The monoisotopic (exact) mass is 347 g/mol. The molecule has 3 rings (SSSR count). The first-order valence-corrected chi connectivity index (χ1v) is 7.40. The van der Waals surface area contributed by atoms with Gasteiger partial charge in [-0.15, -0.1) is 0 Å². The van der Waals surface area contributed by atoms with Crippen molar-refractivity contribution in [3.8, 4) is 11.3 Å². The average Bonchev–Trinajstić information content (AvgIpc) is 2.60. The molecule has 7 heteroatoms. The van der Waals surface area contributed by atoms with E-state index in [2.05, 4.69) is 15.3 Å². The van der Waals surface area contributed by atoms with Gasteiger partial charge < -0.3 is 5.32 Å². The Bertz CT molecular complexity index is 864. The number of hydrogen-bond acceptors (Lipinski definition) is 3. The van der Waals surface area contributed by atoms with Crippen LogP contribution in [0.25, 0.3) is 11.3 Å². The van der Waals surface area contributed by atoms with Gasteiger partial charge in [-0.1, -0.05) is 30.3 Å². The van der Waals surface area contributed by atoms with Crippen molar-refractivity contribution >= 4 is 5.69 Å². The van der Waals surface area contributed by atoms with Crippen LogP contribution in [0.2, 0.25) is 0 Å². The van der Waals surface area contributed by atoms with Crippen LogP contribution in [-0.2, 0) is 12.7 Å². The fraction of sp³-hybridized carbons (Fsp3) is 0.111. The molecule has 0 aliphatic rings. The predicted molar refractivity (Wildman–Crippen MR) is 86.2 cm³/mol. The van der Waals surface area contributed by atoms with Gasteiger partial charge in [0.25, 0.3) is 0 Å². The van der Waals surface area contributed by atoms with Gasteiger partial charge in [-0.2, -0.15) is 13.2 Å². The van der Waals surface area contributed by atoms with Crippen LogP contribution in [0, 0.1) is 5.82 Å². The second kappa shape index (κ2) is 6.88. The third kappa shape index (κ3) is 4.12. The molecule has 1 N–H and O–H groups in total. The highest BCUT2D eigenvalue weighted by atomic mass is 19.4. The number of pyridine rings is 2. The summed E-state index contributed by atoms with van der Waals surface area (Å²) in [7, 11) is 0. The molecule has 128 valence electrons. The van der Waals surface area contributed by atoms with Crippen molar-refractivity contribution in [1.29, 1.82) is 0 Å². The summed E-state index contributed by atoms with van der Waals surface area (Å²) in [6.07, 6.45) is -2.40. The number of benzene rings is 1. The van der Waals surface area contributed by atoms with Crippen LogP contribution in [0.1, 0.15) is 11.3 Å². The molecule has 0 bridgehead atoms. The zero-order chi connectivity index (χ0) is 17.9. The van der Waals surface area contributed by atoms with Gasteiger partial charge in [0.1, 0.15) is 5.82 Å². The van der Waals surface area contributed by atoms with Gasteiger partial charge in [0, 0.05) is 18.3 Å². The molecule has 0 fully saturated rings. The van der Waals surface area contributed by atoms with Crippen LogP contribution < -0.4 is 5.32 Å². The Morgan fingerprint density at radius 1 is 0.960 bits per heavy atom. The van der Waals surface area contributed by atoms with E-state index >= 15 is 0 Å². The summed E-state index contributed by atoms with van der Waals surface area (Å²) in [6.45, 7) is 0.229. The molecule has 0 unspecified atom stereocenters. The Kier molecular flexibility index (Phi) is 4.65. The lowest BCUT2D eigenvalue weighted by atomic mass is 10.1. The summed E-state index contributed by atoms with van der Waals surface area (Å²) in [5.41, 5.74) is -0.159. The average molecular weight is 347 g/mol. The largest absolute Gasteiger partial charge is 0.435 e. The minimum Gasteiger partial charge on any atom is -0.379 e. The van der Waals surface area contributed by atoms with E-state index in [4.69, 9.17) is 0 Å². The van der Waals surface area contributed by atoms with Gasteiger partial charge in [-0.05, 0) is 23.8 Å². The second-order valence-electron chi connectivity index (χ2n) is 5.32. The van der Waals surface area contributed by atoms with Crippen molar-refractivity contribution < 1.29 is 17.6 Å². The molecule has 0 atom stereocenters. The van der Waals surface area contributed by atoms with Gasteiger partial charge in [-0.25, -0.2) is 9.37 Å². The maximum Gasteiger partial charge on any atom is 0.435 e. The van der Waals surface area contributed by atoms with Crippen LogP contribution in [0.15, 0.2) is 60.9 Å². The van der Waals surface area contributed by atoms with E-state index in [1.165, 1.54) is 18.3 Å². The van der Waals surface area contributed by atoms with Gasteiger partial charge in [0.05, 0.1) is 17.6 Å². The van der Waals surface area contributed by atoms with E-state index in [1.807, 2.05) is 6.07 Å². The first-order chi connectivity index (χ1) is 11.9. The highest BCUT2D eigenvalue weighted by Gasteiger charge is 2.36. The molecular weight excluding hydrogens is 334 g/mol. The number of alkyl halides is 3. The van der Waals surface area contributed by atoms with Crippen LogP contribution in [0.4, 0.5) is 23.2 Å². The van der Waals surface area contributed by atoms with E-state index < -0.39 is 17.7 Å². The molecule has 0 spiro atoms. The molecule has 0 aliphatic carbocycles. The molecular formula is C18H13F4N3. The Morgan fingerprint density at radius 3 is 2.40 bits per heavy atom. The molecule has 2 heterocycles. The van der Waals surface area contributed by atoms with Gasteiger partial charge >= 0.3 is 6.18 Å². The fourth-order valence-electron chi connectivity index (χ4n) is 2.32. The molecule has 1 aromatic carbocycles. The normalized spacial score (nSPS) is 11.4. The molecule has 2 aromatic heterocycles. The van der Waals surface area contributed by atoms with Gasteiger partial charge in [-0.3, -0.25) is 4.98 Å². The lowest BCUT2D eigenvalue weighted by Gasteiger charge is -2.15. The number of aromatic nitrogens is 2. The van der Waals surface area contributed by atoms with E-state index in [0.29, 0.717) is 0 Å². The van der Waals surface area contributed by atoms with Crippen molar-refractivity contribution in [2.75, 3.05) is 5.32 Å². The number of hydrogen-bond donors (Lipinski definition) is 1. The molecule has 3 aromatic rings. The van der Waals surface area contributed by atoms with Crippen LogP contribution in [-0.4, -0.2) is 9.97 Å². The van der Waals surface area contributed by atoms with Crippen LogP contribution >= 0.6 is 0 Å². The summed E-state index contributed by atoms with van der Waals surface area (Å²) in [6, 6.07) is 12.8. The number of nitrogens with zero attached hydrogens (tertiary/aromatic N) is 2. The first kappa shape index (κ1) is 16.9. The first-order valence-electron chi connectivity index (χ1n) is 7.40. The topological polar surface area (TPSA) is 37.8 Å². The van der Waals surface area contributed by atoms with Crippen molar-refractivity contribution in [3.05, 3.63) is 78.0 Å². The zero-order valence-corrected chi connectivity index (χ0v) is 12.9. The minimum absolute atomic E-state index is 0.00425. The van der Waals surface area contributed by atoms with Crippen molar-refractivity contribution in [1.82, 2.24) is 9.97 Å². The van der Waals surface area contributed by atoms with E-state index in [9.17, 15) is 17.6 Å². The highest BCUT2D eigenvalue weighted by Crippen LogP contribution is 2.35. The third-order valence-electron chi connectivity index (χ3n) is 3.49. The smallest absolute Gasteiger partial charge is 0.379 e. The van der Waals surface area contributed by atoms with Gasteiger partial charge in [0.2, 0.25) is 0 Å². The standard InChI is InChI=1S/C18H13F4N3/c19-14-8-13(10-23-11-14)15-6-7-16(17(25-15)18(20,21)22)24-9-12-4-2-1-3-5-12/h1-8,10-11,24H,9H2. The summed E-state index contributed by atoms with van der Waals surface area (Å²) in [4.78, 5) is 7.31. The number of anilines is 1. The molecule has 3 nitrogen and oxygen atoms in total. The highest BCUT2D eigenvalue weighted by molar-refractivity contribution is 5.62. The Morgan fingerprint density at radius 2 is 1.72 bits per heavy atom. The van der Waals surface area contributed by atoms with Crippen molar-refractivity contribution in [3.63, 3.8) is 0 Å². The van der Waals surface area contributed by atoms with Crippen LogP contribution in [0.5, 0.6) is 0 Å². The predicted octanol–water partition coefficient (Wildman–Crippen LogP) is 4.91. The SMILES string of the molecule is Fc1cncc(-c2ccc(NCc3ccccc3)c(C(F)(F)F)n2)c1. The number of halogens is 4. The number of rotatable bonds is 4. The van der Waals surface area contributed by atoms with E-state index in [0.717, 1.165) is 17.8 Å². The van der Waals surface area contributed by atoms with Crippen molar-refractivity contribution in [2.24, 2.45) is 0 Å². The summed E-state index contributed by atoms with van der Waals surface area (Å²) < 4.78 is 53.3. The molecule has 0 aliphatic heterocycles. The molecule has 0 saturated carbocycles. The minimum atomic E-state index is -4.64. The molecule has 25 heavy (non-hydrogen) atoms. The third-order valence-corrected chi connectivity index (χ3v) is 3.49. The zero-order valence-electron chi connectivity index (χ0n) is 12.9. The Labute approximate surface area is 141 Å². The maximum atomic E-state index is 13.4. The second-order valence-corrected chi connectivity index (χ2v) is 5.32. The van der Waals surface area contributed by atoms with E-state index in [1.54, 1.807) is 24.3 Å². The van der Waals surface area contributed by atoms with Crippen molar-refractivity contribution in [2.45, 2.75) is 12.7 Å². The Balaban J connectivity index is 1.93. The quantitative estimate of drug-likeness (QED) is 0.681. The fourth-order valence-corrected chi connectivity index (χ4v) is 2.32. The summed E-state index contributed by atoms with van der Waals surface area (Å²) in [5, 5.41) is 2.75. The van der Waals surface area contributed by atoms with Gasteiger partial charge in [0.15, 0.2) is 5.69 Å². The summed E-state index contributed by atoms with van der Waals surface area (Å²) in [5.74, 6) is -0.640. The lowest BCUT2D eigenvalue weighted by Crippen LogP contribution is -2.13. The van der Waals surface area contributed by atoms with E-state index in [-0.39, 0.29) is 23.5 Å².